The van der Waals surface area contributed by atoms with Crippen LogP contribution in [-0.4, -0.2) is 51.1 Å². The van der Waals surface area contributed by atoms with Crippen molar-refractivity contribution in [2.75, 3.05) is 24.7 Å². The van der Waals surface area contributed by atoms with E-state index >= 15 is 0 Å². The van der Waals surface area contributed by atoms with Gasteiger partial charge >= 0.3 is 5.97 Å². The average Bonchev–Trinajstić information content (AvgIpc) is 3.55. The number of esters is 1. The number of benzene rings is 1. The van der Waals surface area contributed by atoms with Crippen LogP contribution in [0.15, 0.2) is 36.7 Å². The molecule has 4 heterocycles. The first kappa shape index (κ1) is 22.9. The molecule has 0 radical (unpaired) electrons. The van der Waals surface area contributed by atoms with Gasteiger partial charge in [0, 0.05) is 36.5 Å². The Labute approximate surface area is 203 Å². The lowest BCUT2D eigenvalue weighted by molar-refractivity contribution is 0.0605. The molecule has 1 aromatic carbocycles. The van der Waals surface area contributed by atoms with Crippen molar-refractivity contribution in [3.63, 3.8) is 0 Å². The molecule has 0 unspecified atom stereocenters. The van der Waals surface area contributed by atoms with Gasteiger partial charge in [0.15, 0.2) is 5.13 Å². The first-order valence-corrected chi connectivity index (χ1v) is 11.6. The van der Waals surface area contributed by atoms with E-state index in [0.29, 0.717) is 50.5 Å². The lowest BCUT2D eigenvalue weighted by atomic mass is 10.1. The van der Waals surface area contributed by atoms with Gasteiger partial charge in [0.05, 0.1) is 18.8 Å². The second kappa shape index (κ2) is 9.04. The number of ether oxygens (including phenoxy) is 1. The fraction of sp³-hybridized carbons (Fsp3) is 0.261. The van der Waals surface area contributed by atoms with Gasteiger partial charge in [0.2, 0.25) is 0 Å². The lowest BCUT2D eigenvalue weighted by Crippen LogP contribution is -2.16. The number of thiazole rings is 1. The van der Waals surface area contributed by atoms with Gasteiger partial charge < -0.3 is 15.8 Å². The molecule has 1 amide bonds. The highest BCUT2D eigenvalue weighted by Gasteiger charge is 2.30. The number of rotatable bonds is 5. The molecule has 4 N–H and O–H groups in total. The Morgan fingerprint density at radius 2 is 2.06 bits per heavy atom. The standard InChI is InChI=1S/C23H22FN7O3S/c1-11-18(22(33)34-2)35-23(28-11)30-21(32)13-5-3-12(4-6-13)16-17-19(25)26-7-8-31(17)20(29-16)15-9-14(24)10-27-15/h3-8,14-15,27H,9-10H2,1-2H3,(H2,25,26)(H,28,30,32)/t14-,15+/m1/s1. The first-order chi connectivity index (χ1) is 16.9. The third kappa shape index (κ3) is 4.21. The number of aromatic nitrogens is 4. The molecule has 1 aliphatic rings. The summed E-state index contributed by atoms with van der Waals surface area (Å²) < 4.78 is 20.4. The number of nitrogens with two attached hydrogens (primary N) is 1. The maximum atomic E-state index is 13.8. The quantitative estimate of drug-likeness (QED) is 0.359. The molecule has 5 rings (SSSR count). The molecule has 12 heteroatoms. The summed E-state index contributed by atoms with van der Waals surface area (Å²) in [6, 6.07) is 6.61. The van der Waals surface area contributed by atoms with Crippen LogP contribution in [0.4, 0.5) is 15.3 Å². The molecule has 1 saturated heterocycles. The van der Waals surface area contributed by atoms with Crippen LogP contribution in [0.2, 0.25) is 0 Å². The molecule has 180 valence electrons. The van der Waals surface area contributed by atoms with Crippen LogP contribution in [0, 0.1) is 6.92 Å². The fourth-order valence-corrected chi connectivity index (χ4v) is 4.98. The zero-order valence-corrected chi connectivity index (χ0v) is 19.7. The van der Waals surface area contributed by atoms with Crippen LogP contribution < -0.4 is 16.4 Å². The van der Waals surface area contributed by atoms with Crippen LogP contribution in [-0.2, 0) is 4.74 Å². The van der Waals surface area contributed by atoms with E-state index in [4.69, 9.17) is 15.5 Å². The maximum absolute atomic E-state index is 13.8. The number of nitrogens with zero attached hydrogens (tertiary/aromatic N) is 4. The van der Waals surface area contributed by atoms with E-state index in [9.17, 15) is 14.0 Å². The Kier molecular flexibility index (Phi) is 5.91. The van der Waals surface area contributed by atoms with Gasteiger partial charge in [0.1, 0.15) is 33.9 Å². The average molecular weight is 496 g/mol. The van der Waals surface area contributed by atoms with E-state index in [2.05, 4.69) is 20.6 Å². The van der Waals surface area contributed by atoms with E-state index in [1.165, 1.54) is 7.11 Å². The second-order valence-corrected chi connectivity index (χ2v) is 9.10. The summed E-state index contributed by atoms with van der Waals surface area (Å²) in [7, 11) is 1.29. The summed E-state index contributed by atoms with van der Waals surface area (Å²) in [5, 5.41) is 6.17. The van der Waals surface area contributed by atoms with Crippen molar-refractivity contribution in [2.45, 2.75) is 25.6 Å². The van der Waals surface area contributed by atoms with Crippen molar-refractivity contribution in [1.29, 1.82) is 0 Å². The van der Waals surface area contributed by atoms with Crippen molar-refractivity contribution >= 4 is 39.7 Å². The van der Waals surface area contributed by atoms with E-state index in [0.717, 1.165) is 16.9 Å². The van der Waals surface area contributed by atoms with E-state index in [1.807, 2.05) is 4.40 Å². The van der Waals surface area contributed by atoms with Crippen LogP contribution in [0.3, 0.4) is 0 Å². The molecule has 0 saturated carbocycles. The third-order valence-corrected chi connectivity index (χ3v) is 6.86. The van der Waals surface area contributed by atoms with E-state index in [1.54, 1.807) is 43.6 Å². The molecule has 0 aliphatic carbocycles. The van der Waals surface area contributed by atoms with Crippen molar-refractivity contribution in [3.05, 3.63) is 58.6 Å². The minimum Gasteiger partial charge on any atom is -0.465 e. The molecule has 1 fully saturated rings. The number of halogens is 1. The van der Waals surface area contributed by atoms with Crippen LogP contribution >= 0.6 is 11.3 Å². The molecule has 0 spiro atoms. The number of nitrogens with one attached hydrogen (secondary N) is 2. The van der Waals surface area contributed by atoms with Crippen molar-refractivity contribution in [3.8, 4) is 11.3 Å². The number of hydrogen-bond donors (Lipinski definition) is 3. The zero-order chi connectivity index (χ0) is 24.7. The molecular formula is C23H22FN7O3S. The number of imidazole rings is 1. The summed E-state index contributed by atoms with van der Waals surface area (Å²) in [5.74, 6) is 0.0904. The van der Waals surface area contributed by atoms with Gasteiger partial charge in [0.25, 0.3) is 5.91 Å². The summed E-state index contributed by atoms with van der Waals surface area (Å²) in [5.41, 5.74) is 9.01. The topological polar surface area (TPSA) is 137 Å². The minimum atomic E-state index is -0.932. The Morgan fingerprint density at radius 1 is 1.29 bits per heavy atom. The molecule has 1 aliphatic heterocycles. The van der Waals surface area contributed by atoms with E-state index in [-0.39, 0.29) is 18.5 Å². The van der Waals surface area contributed by atoms with Gasteiger partial charge in [-0.1, -0.05) is 23.5 Å². The van der Waals surface area contributed by atoms with Crippen molar-refractivity contribution < 1.29 is 18.7 Å². The van der Waals surface area contributed by atoms with Crippen LogP contribution in [0.5, 0.6) is 0 Å². The van der Waals surface area contributed by atoms with Crippen molar-refractivity contribution in [1.82, 2.24) is 24.7 Å². The summed E-state index contributed by atoms with van der Waals surface area (Å²) in [4.78, 5) is 38.1. The molecule has 10 nitrogen and oxygen atoms in total. The highest BCUT2D eigenvalue weighted by atomic mass is 32.1. The van der Waals surface area contributed by atoms with Crippen molar-refractivity contribution in [2.24, 2.45) is 0 Å². The highest BCUT2D eigenvalue weighted by molar-refractivity contribution is 7.17. The number of alkyl halides is 1. The van der Waals surface area contributed by atoms with Crippen LogP contribution in [0.1, 0.15) is 44.0 Å². The Morgan fingerprint density at radius 3 is 2.74 bits per heavy atom. The normalized spacial score (nSPS) is 17.6. The summed E-state index contributed by atoms with van der Waals surface area (Å²) in [6.45, 7) is 1.95. The minimum absolute atomic E-state index is 0.241. The fourth-order valence-electron chi connectivity index (χ4n) is 4.10. The summed E-state index contributed by atoms with van der Waals surface area (Å²) >= 11 is 1.05. The third-order valence-electron chi connectivity index (χ3n) is 5.81. The number of fused-ring (bicyclic) bond motifs is 1. The zero-order valence-electron chi connectivity index (χ0n) is 18.9. The van der Waals surface area contributed by atoms with Gasteiger partial charge in [-0.15, -0.1) is 0 Å². The molecule has 35 heavy (non-hydrogen) atoms. The predicted molar refractivity (Wildman–Crippen MR) is 129 cm³/mol. The number of hydrogen-bond acceptors (Lipinski definition) is 9. The number of methoxy groups -OCH3 is 1. The number of carbonyl (C=O) groups excluding carboxylic acids is 2. The van der Waals surface area contributed by atoms with E-state index < -0.39 is 12.1 Å². The van der Waals surface area contributed by atoms with Gasteiger partial charge in [-0.05, 0) is 19.1 Å². The molecular weight excluding hydrogens is 473 g/mol. The smallest absolute Gasteiger partial charge is 0.350 e. The predicted octanol–water partition coefficient (Wildman–Crippen LogP) is 3.15. The molecule has 0 bridgehead atoms. The molecule has 3 aromatic heterocycles. The molecule has 2 atom stereocenters. The monoisotopic (exact) mass is 495 g/mol. The van der Waals surface area contributed by atoms with Gasteiger partial charge in [-0.3, -0.25) is 14.5 Å². The Bertz CT molecular complexity index is 1430. The van der Waals surface area contributed by atoms with Crippen LogP contribution in [0.25, 0.3) is 16.8 Å². The second-order valence-electron chi connectivity index (χ2n) is 8.10. The number of aryl methyl sites for hydroxylation is 1. The largest absolute Gasteiger partial charge is 0.465 e. The SMILES string of the molecule is COC(=O)c1sc(NC(=O)c2ccc(-c3nc([C@@H]4C[C@@H](F)CN4)n4ccnc(N)c34)cc2)nc1C. The lowest BCUT2D eigenvalue weighted by Gasteiger charge is -2.08. The summed E-state index contributed by atoms with van der Waals surface area (Å²) in [6.07, 6.45) is 2.73. The van der Waals surface area contributed by atoms with Gasteiger partial charge in [-0.2, -0.15) is 0 Å². The highest BCUT2D eigenvalue weighted by Crippen LogP contribution is 2.33. The molecule has 4 aromatic rings. The number of nitrogen functional groups attached to an aromatic ring is 1. The van der Waals surface area contributed by atoms with Gasteiger partial charge in [-0.25, -0.2) is 24.1 Å². The number of carbonyl (C=O) groups is 2. The Balaban J connectivity index is 1.42. The number of anilines is 2. The maximum Gasteiger partial charge on any atom is 0.350 e. The first-order valence-electron chi connectivity index (χ1n) is 10.8. The Hall–Kier alpha value is -3.90. The number of amides is 1.